The number of rotatable bonds is 2. The molecule has 1 aliphatic rings. The summed E-state index contributed by atoms with van der Waals surface area (Å²) in [5.41, 5.74) is 6.26. The van der Waals surface area contributed by atoms with Crippen molar-refractivity contribution in [3.63, 3.8) is 0 Å². The van der Waals surface area contributed by atoms with Gasteiger partial charge in [0.05, 0.1) is 0 Å². The maximum Gasteiger partial charge on any atom is 0.227 e. The molecule has 3 nitrogen and oxygen atoms in total. The molecule has 1 saturated carbocycles. The van der Waals surface area contributed by atoms with Crippen molar-refractivity contribution >= 4 is 17.3 Å². The number of amides is 1. The number of hydrogen-bond acceptors (Lipinski definition) is 2. The first-order chi connectivity index (χ1) is 7.65. The summed E-state index contributed by atoms with van der Waals surface area (Å²) in [6, 6.07) is 4.07. The van der Waals surface area contributed by atoms with Crippen LogP contribution in [0.25, 0.3) is 0 Å². The van der Waals surface area contributed by atoms with Crippen LogP contribution >= 0.6 is 0 Å². The lowest BCUT2D eigenvalue weighted by atomic mass is 10.1. The van der Waals surface area contributed by atoms with Gasteiger partial charge in [-0.3, -0.25) is 4.79 Å². The van der Waals surface area contributed by atoms with E-state index in [0.717, 1.165) is 25.7 Å². The van der Waals surface area contributed by atoms with Crippen LogP contribution in [0.3, 0.4) is 0 Å². The van der Waals surface area contributed by atoms with E-state index in [0.29, 0.717) is 11.4 Å². The second-order valence-electron chi connectivity index (χ2n) is 4.24. The van der Waals surface area contributed by atoms with Gasteiger partial charge in [0.2, 0.25) is 5.91 Å². The van der Waals surface area contributed by atoms with Gasteiger partial charge in [0.1, 0.15) is 5.82 Å². The Labute approximate surface area is 93.8 Å². The standard InChI is InChI=1S/C12H15FN2O/c13-9-5-10(14)7-11(6-9)15-12(16)8-3-1-2-4-8/h5-8H,1-4,14H2,(H,15,16). The fourth-order valence-electron chi connectivity index (χ4n) is 2.12. The van der Waals surface area contributed by atoms with E-state index in [2.05, 4.69) is 5.32 Å². The van der Waals surface area contributed by atoms with Crippen molar-refractivity contribution < 1.29 is 9.18 Å². The molecule has 0 heterocycles. The number of hydrogen-bond donors (Lipinski definition) is 2. The monoisotopic (exact) mass is 222 g/mol. The molecule has 2 rings (SSSR count). The Morgan fingerprint density at radius 1 is 1.31 bits per heavy atom. The average molecular weight is 222 g/mol. The lowest BCUT2D eigenvalue weighted by molar-refractivity contribution is -0.119. The molecule has 1 aliphatic carbocycles. The maximum absolute atomic E-state index is 13.0. The lowest BCUT2D eigenvalue weighted by Crippen LogP contribution is -2.20. The van der Waals surface area contributed by atoms with E-state index < -0.39 is 5.82 Å². The zero-order valence-electron chi connectivity index (χ0n) is 9.00. The number of nitrogens with one attached hydrogen (secondary N) is 1. The van der Waals surface area contributed by atoms with Gasteiger partial charge in [0, 0.05) is 17.3 Å². The molecular weight excluding hydrogens is 207 g/mol. The number of halogens is 1. The van der Waals surface area contributed by atoms with E-state index in [1.54, 1.807) is 6.07 Å². The van der Waals surface area contributed by atoms with Crippen molar-refractivity contribution in [1.82, 2.24) is 0 Å². The molecule has 0 saturated heterocycles. The summed E-state index contributed by atoms with van der Waals surface area (Å²) >= 11 is 0. The number of benzene rings is 1. The molecule has 0 spiro atoms. The first-order valence-electron chi connectivity index (χ1n) is 5.52. The molecule has 16 heavy (non-hydrogen) atoms. The van der Waals surface area contributed by atoms with E-state index in [1.165, 1.54) is 12.1 Å². The van der Waals surface area contributed by atoms with Crippen LogP contribution in [-0.2, 0) is 4.79 Å². The molecule has 3 N–H and O–H groups in total. The second kappa shape index (κ2) is 4.51. The van der Waals surface area contributed by atoms with Gasteiger partial charge in [-0.15, -0.1) is 0 Å². The predicted octanol–water partition coefficient (Wildman–Crippen LogP) is 2.54. The van der Waals surface area contributed by atoms with E-state index in [9.17, 15) is 9.18 Å². The highest BCUT2D eigenvalue weighted by Gasteiger charge is 2.22. The third kappa shape index (κ3) is 2.51. The Hall–Kier alpha value is -1.58. The summed E-state index contributed by atoms with van der Waals surface area (Å²) in [7, 11) is 0. The van der Waals surface area contributed by atoms with Gasteiger partial charge in [0.15, 0.2) is 0 Å². The van der Waals surface area contributed by atoms with Crippen LogP contribution in [-0.4, -0.2) is 5.91 Å². The summed E-state index contributed by atoms with van der Waals surface area (Å²) < 4.78 is 13.0. The molecule has 1 amide bonds. The maximum atomic E-state index is 13.0. The summed E-state index contributed by atoms with van der Waals surface area (Å²) in [5, 5.41) is 2.71. The number of nitrogen functional groups attached to an aromatic ring is 1. The summed E-state index contributed by atoms with van der Waals surface area (Å²) in [6.07, 6.45) is 4.06. The van der Waals surface area contributed by atoms with Gasteiger partial charge in [-0.05, 0) is 31.0 Å². The van der Waals surface area contributed by atoms with Crippen molar-refractivity contribution in [2.24, 2.45) is 5.92 Å². The number of carbonyl (C=O) groups excluding carboxylic acids is 1. The summed E-state index contributed by atoms with van der Waals surface area (Å²) in [4.78, 5) is 11.8. The Balaban J connectivity index is 2.05. The zero-order valence-corrected chi connectivity index (χ0v) is 9.00. The molecule has 0 radical (unpaired) electrons. The minimum Gasteiger partial charge on any atom is -0.399 e. The number of nitrogens with two attached hydrogens (primary N) is 1. The van der Waals surface area contributed by atoms with E-state index >= 15 is 0 Å². The van der Waals surface area contributed by atoms with E-state index in [1.807, 2.05) is 0 Å². The molecular formula is C12H15FN2O. The molecule has 1 fully saturated rings. The van der Waals surface area contributed by atoms with Gasteiger partial charge < -0.3 is 11.1 Å². The van der Waals surface area contributed by atoms with Crippen LogP contribution in [0.15, 0.2) is 18.2 Å². The molecule has 0 atom stereocenters. The van der Waals surface area contributed by atoms with Gasteiger partial charge in [0.25, 0.3) is 0 Å². The fourth-order valence-corrected chi connectivity index (χ4v) is 2.12. The minimum absolute atomic E-state index is 0.0255. The van der Waals surface area contributed by atoms with Crippen molar-refractivity contribution in [3.05, 3.63) is 24.0 Å². The zero-order chi connectivity index (χ0) is 11.5. The quantitative estimate of drug-likeness (QED) is 0.755. The van der Waals surface area contributed by atoms with Gasteiger partial charge in [-0.1, -0.05) is 12.8 Å². The first kappa shape index (κ1) is 10.9. The van der Waals surface area contributed by atoms with Crippen LogP contribution < -0.4 is 11.1 Å². The second-order valence-corrected chi connectivity index (χ2v) is 4.24. The Bertz CT molecular complexity index is 380. The van der Waals surface area contributed by atoms with E-state index in [-0.39, 0.29) is 11.8 Å². The highest BCUT2D eigenvalue weighted by Crippen LogP contribution is 2.26. The SMILES string of the molecule is Nc1cc(F)cc(NC(=O)C2CCCC2)c1. The lowest BCUT2D eigenvalue weighted by Gasteiger charge is -2.10. The van der Waals surface area contributed by atoms with Crippen LogP contribution in [0.1, 0.15) is 25.7 Å². The van der Waals surface area contributed by atoms with Crippen LogP contribution in [0, 0.1) is 11.7 Å². The van der Waals surface area contributed by atoms with Crippen LogP contribution in [0.4, 0.5) is 15.8 Å². The highest BCUT2D eigenvalue weighted by molar-refractivity contribution is 5.93. The molecule has 1 aromatic rings. The summed E-state index contributed by atoms with van der Waals surface area (Å²) in [6.45, 7) is 0. The molecule has 1 aromatic carbocycles. The van der Waals surface area contributed by atoms with Crippen molar-refractivity contribution in [2.75, 3.05) is 11.1 Å². The number of carbonyl (C=O) groups is 1. The highest BCUT2D eigenvalue weighted by atomic mass is 19.1. The topological polar surface area (TPSA) is 55.1 Å². The Kier molecular flexibility index (Phi) is 3.08. The minimum atomic E-state index is -0.429. The first-order valence-corrected chi connectivity index (χ1v) is 5.52. The smallest absolute Gasteiger partial charge is 0.227 e. The average Bonchev–Trinajstić information content (AvgIpc) is 2.68. The van der Waals surface area contributed by atoms with Gasteiger partial charge in [-0.25, -0.2) is 4.39 Å². The molecule has 0 aliphatic heterocycles. The largest absolute Gasteiger partial charge is 0.399 e. The van der Waals surface area contributed by atoms with Crippen LogP contribution in [0.5, 0.6) is 0 Å². The van der Waals surface area contributed by atoms with E-state index in [4.69, 9.17) is 5.73 Å². The number of anilines is 2. The Morgan fingerprint density at radius 3 is 2.62 bits per heavy atom. The fraction of sp³-hybridized carbons (Fsp3) is 0.417. The molecule has 0 bridgehead atoms. The van der Waals surface area contributed by atoms with Crippen molar-refractivity contribution in [1.29, 1.82) is 0 Å². The van der Waals surface area contributed by atoms with Gasteiger partial charge in [-0.2, -0.15) is 0 Å². The summed E-state index contributed by atoms with van der Waals surface area (Å²) in [5.74, 6) is -0.381. The van der Waals surface area contributed by atoms with Crippen molar-refractivity contribution in [2.45, 2.75) is 25.7 Å². The van der Waals surface area contributed by atoms with Crippen molar-refractivity contribution in [3.8, 4) is 0 Å². The predicted molar refractivity (Wildman–Crippen MR) is 61.4 cm³/mol. The normalized spacial score (nSPS) is 16.3. The third-order valence-electron chi connectivity index (χ3n) is 2.91. The third-order valence-corrected chi connectivity index (χ3v) is 2.91. The Morgan fingerprint density at radius 2 is 2.00 bits per heavy atom. The molecule has 4 heteroatoms. The molecule has 86 valence electrons. The van der Waals surface area contributed by atoms with Crippen LogP contribution in [0.2, 0.25) is 0 Å². The van der Waals surface area contributed by atoms with Gasteiger partial charge >= 0.3 is 0 Å². The molecule has 0 aromatic heterocycles. The molecule has 0 unspecified atom stereocenters.